The number of nitrogens with zero attached hydrogens (tertiary/aromatic N) is 1. The monoisotopic (exact) mass is 419 g/mol. The molecule has 0 saturated heterocycles. The molecule has 4 nitrogen and oxygen atoms in total. The second-order valence-electron chi connectivity index (χ2n) is 9.86. The highest BCUT2D eigenvalue weighted by molar-refractivity contribution is 5.70. The molecule has 3 unspecified atom stereocenters. The SMILES string of the molecule is CC(C)COC(=O)C[N+](C)(C)CCOC1CC2CCC1(C)C2(C)C.[Br-]. The zero-order chi connectivity index (χ0) is 18.2. The number of carbonyl (C=O) groups is 1. The van der Waals surface area contributed by atoms with Gasteiger partial charge >= 0.3 is 5.97 Å². The van der Waals surface area contributed by atoms with Gasteiger partial charge in [0.05, 0.1) is 33.4 Å². The van der Waals surface area contributed by atoms with E-state index in [2.05, 4.69) is 48.7 Å². The van der Waals surface area contributed by atoms with E-state index in [1.165, 1.54) is 19.3 Å². The van der Waals surface area contributed by atoms with Gasteiger partial charge in [0.1, 0.15) is 6.54 Å². The Bertz CT molecular complexity index is 464. The van der Waals surface area contributed by atoms with Gasteiger partial charge in [-0.25, -0.2) is 4.79 Å². The number of quaternary nitrogens is 1. The summed E-state index contributed by atoms with van der Waals surface area (Å²) in [6.45, 7) is 13.8. The molecule has 0 N–H and O–H groups in total. The third-order valence-corrected chi connectivity index (χ3v) is 6.86. The average Bonchev–Trinajstić information content (AvgIpc) is 2.77. The number of fused-ring (bicyclic) bond motifs is 2. The molecule has 0 aliphatic heterocycles. The van der Waals surface area contributed by atoms with Crippen LogP contribution in [0.2, 0.25) is 0 Å². The summed E-state index contributed by atoms with van der Waals surface area (Å²) in [6, 6.07) is 0. The predicted octanol–water partition coefficient (Wildman–Crippen LogP) is 0.497. The summed E-state index contributed by atoms with van der Waals surface area (Å²) < 4.78 is 12.2. The van der Waals surface area contributed by atoms with Crippen LogP contribution in [0.1, 0.15) is 53.9 Å². The number of hydrogen-bond donors (Lipinski definition) is 0. The van der Waals surface area contributed by atoms with Crippen LogP contribution < -0.4 is 17.0 Å². The third kappa shape index (κ3) is 4.98. The van der Waals surface area contributed by atoms with Crippen molar-refractivity contribution in [2.45, 2.75) is 60.0 Å². The third-order valence-electron chi connectivity index (χ3n) is 6.86. The Labute approximate surface area is 165 Å². The van der Waals surface area contributed by atoms with Crippen molar-refractivity contribution >= 4 is 5.97 Å². The fraction of sp³-hybridized carbons (Fsp3) is 0.950. The quantitative estimate of drug-likeness (QED) is 0.424. The Morgan fingerprint density at radius 3 is 2.36 bits per heavy atom. The summed E-state index contributed by atoms with van der Waals surface area (Å²) in [5.74, 6) is 1.08. The number of rotatable bonds is 8. The van der Waals surface area contributed by atoms with E-state index in [0.29, 0.717) is 47.1 Å². The summed E-state index contributed by atoms with van der Waals surface area (Å²) >= 11 is 0. The minimum atomic E-state index is -0.110. The standard InChI is InChI=1S/C20H38NO3.BrH/c1-15(2)14-24-18(22)13-21(6,7)10-11-23-17-12-16-8-9-20(17,5)19(16,3)4;/h15-17H,8-14H2,1-7H3;1H/q+1;/p-1. The van der Waals surface area contributed by atoms with Crippen LogP contribution in [0.4, 0.5) is 0 Å². The van der Waals surface area contributed by atoms with Crippen molar-refractivity contribution in [3.8, 4) is 0 Å². The normalized spacial score (nSPS) is 30.4. The van der Waals surface area contributed by atoms with Crippen LogP contribution in [0.25, 0.3) is 0 Å². The number of halogens is 1. The minimum Gasteiger partial charge on any atom is -1.00 e. The largest absolute Gasteiger partial charge is 1.00 e. The topological polar surface area (TPSA) is 35.5 Å². The molecule has 2 bridgehead atoms. The van der Waals surface area contributed by atoms with Crippen molar-refractivity contribution in [2.75, 3.05) is 40.4 Å². The first-order valence-electron chi connectivity index (χ1n) is 9.57. The highest BCUT2D eigenvalue weighted by atomic mass is 79.9. The van der Waals surface area contributed by atoms with Crippen LogP contribution in [0.3, 0.4) is 0 Å². The van der Waals surface area contributed by atoms with Gasteiger partial charge < -0.3 is 30.9 Å². The van der Waals surface area contributed by atoms with Gasteiger partial charge in [0.2, 0.25) is 0 Å². The molecule has 2 aliphatic rings. The first kappa shape index (κ1) is 22.9. The summed E-state index contributed by atoms with van der Waals surface area (Å²) in [5.41, 5.74) is 0.702. The maximum absolute atomic E-state index is 11.9. The molecule has 2 saturated carbocycles. The summed E-state index contributed by atoms with van der Waals surface area (Å²) in [7, 11) is 4.15. The fourth-order valence-electron chi connectivity index (χ4n) is 4.56. The van der Waals surface area contributed by atoms with Gasteiger partial charge in [-0.2, -0.15) is 0 Å². The number of esters is 1. The molecule has 0 amide bonds. The number of likely N-dealkylation sites (N-methyl/N-ethyl adjacent to an activating group) is 1. The number of ether oxygens (including phenoxy) is 2. The maximum atomic E-state index is 11.9. The Morgan fingerprint density at radius 1 is 1.24 bits per heavy atom. The highest BCUT2D eigenvalue weighted by Crippen LogP contribution is 2.66. The number of hydrogen-bond acceptors (Lipinski definition) is 3. The zero-order valence-electron chi connectivity index (χ0n) is 17.2. The van der Waals surface area contributed by atoms with Crippen molar-refractivity contribution in [3.05, 3.63) is 0 Å². The predicted molar refractivity (Wildman–Crippen MR) is 96.6 cm³/mol. The molecule has 0 aromatic carbocycles. The Morgan fingerprint density at radius 2 is 1.88 bits per heavy atom. The van der Waals surface area contributed by atoms with Gasteiger partial charge in [0.25, 0.3) is 0 Å². The average molecular weight is 420 g/mol. The second-order valence-corrected chi connectivity index (χ2v) is 9.86. The molecule has 3 atom stereocenters. The van der Waals surface area contributed by atoms with E-state index in [-0.39, 0.29) is 23.0 Å². The Kier molecular flexibility index (Phi) is 7.57. The highest BCUT2D eigenvalue weighted by Gasteiger charge is 2.61. The van der Waals surface area contributed by atoms with E-state index in [4.69, 9.17) is 9.47 Å². The van der Waals surface area contributed by atoms with E-state index in [0.717, 1.165) is 12.5 Å². The molecule has 0 heterocycles. The molecule has 2 aliphatic carbocycles. The van der Waals surface area contributed by atoms with Gasteiger partial charge in [0, 0.05) is 0 Å². The molecule has 148 valence electrons. The molecule has 2 fully saturated rings. The lowest BCUT2D eigenvalue weighted by Crippen LogP contribution is -3.00. The van der Waals surface area contributed by atoms with Gasteiger partial charge in [-0.15, -0.1) is 0 Å². The van der Waals surface area contributed by atoms with Crippen LogP contribution in [0, 0.1) is 22.7 Å². The molecular weight excluding hydrogens is 382 g/mol. The van der Waals surface area contributed by atoms with Gasteiger partial charge in [0.15, 0.2) is 6.54 Å². The van der Waals surface area contributed by atoms with E-state index in [1.807, 2.05) is 0 Å². The summed E-state index contributed by atoms with van der Waals surface area (Å²) in [4.78, 5) is 11.9. The first-order chi connectivity index (χ1) is 11.0. The van der Waals surface area contributed by atoms with E-state index in [9.17, 15) is 4.79 Å². The molecule has 0 aromatic heterocycles. The lowest BCUT2D eigenvalue weighted by atomic mass is 9.70. The fourth-order valence-corrected chi connectivity index (χ4v) is 4.56. The second kappa shape index (κ2) is 8.26. The molecular formula is C20H38BrNO3. The molecule has 0 aromatic rings. The van der Waals surface area contributed by atoms with Crippen molar-refractivity contribution in [3.63, 3.8) is 0 Å². The van der Waals surface area contributed by atoms with E-state index >= 15 is 0 Å². The molecule has 5 heteroatoms. The molecule has 25 heavy (non-hydrogen) atoms. The van der Waals surface area contributed by atoms with Crippen molar-refractivity contribution in [1.29, 1.82) is 0 Å². The van der Waals surface area contributed by atoms with Crippen LogP contribution in [0.15, 0.2) is 0 Å². The molecule has 2 rings (SSSR count). The maximum Gasteiger partial charge on any atom is 0.361 e. The van der Waals surface area contributed by atoms with Gasteiger partial charge in [-0.1, -0.05) is 34.6 Å². The van der Waals surface area contributed by atoms with Crippen molar-refractivity contribution in [2.24, 2.45) is 22.7 Å². The zero-order valence-corrected chi connectivity index (χ0v) is 18.8. The first-order valence-corrected chi connectivity index (χ1v) is 9.57. The minimum absolute atomic E-state index is 0. The molecule has 0 radical (unpaired) electrons. The summed E-state index contributed by atoms with van der Waals surface area (Å²) in [5, 5.41) is 0. The van der Waals surface area contributed by atoms with Gasteiger partial charge in [-0.3, -0.25) is 0 Å². The number of carbonyl (C=O) groups excluding carboxylic acids is 1. The van der Waals surface area contributed by atoms with E-state index < -0.39 is 0 Å². The van der Waals surface area contributed by atoms with Crippen molar-refractivity contribution < 1.29 is 35.7 Å². The van der Waals surface area contributed by atoms with Crippen LogP contribution in [0.5, 0.6) is 0 Å². The van der Waals surface area contributed by atoms with Crippen molar-refractivity contribution in [1.82, 2.24) is 0 Å². The lowest BCUT2D eigenvalue weighted by molar-refractivity contribution is -0.883. The summed E-state index contributed by atoms with van der Waals surface area (Å²) in [6.07, 6.45) is 4.22. The van der Waals surface area contributed by atoms with Crippen LogP contribution in [-0.4, -0.2) is 57.0 Å². The van der Waals surface area contributed by atoms with Crippen LogP contribution >= 0.6 is 0 Å². The lowest BCUT2D eigenvalue weighted by Gasteiger charge is -2.39. The Balaban J connectivity index is 0.00000312. The Hall–Kier alpha value is -0.130. The van der Waals surface area contributed by atoms with Gasteiger partial charge in [-0.05, 0) is 41.9 Å². The van der Waals surface area contributed by atoms with Crippen LogP contribution in [-0.2, 0) is 14.3 Å². The van der Waals surface area contributed by atoms with E-state index in [1.54, 1.807) is 0 Å². The smallest absolute Gasteiger partial charge is 0.361 e. The molecule has 0 spiro atoms.